The summed E-state index contributed by atoms with van der Waals surface area (Å²) < 4.78 is 12.0. The Bertz CT molecular complexity index is 696. The molecule has 2 aliphatic heterocycles. The van der Waals surface area contributed by atoms with Crippen LogP contribution in [0.2, 0.25) is 0 Å². The zero-order valence-corrected chi connectivity index (χ0v) is 13.7. The molecule has 6 heteroatoms. The molecule has 0 spiro atoms. The predicted octanol–water partition coefficient (Wildman–Crippen LogP) is 3.18. The van der Waals surface area contributed by atoms with Crippen molar-refractivity contribution in [3.05, 3.63) is 12.2 Å². The van der Waals surface area contributed by atoms with E-state index in [4.69, 9.17) is 14.9 Å². The lowest BCUT2D eigenvalue weighted by molar-refractivity contribution is -0.274. The molecule has 2 saturated heterocycles. The molecule has 3 aliphatic rings. The second-order valence-electron chi connectivity index (χ2n) is 6.76. The van der Waals surface area contributed by atoms with Crippen molar-refractivity contribution in [1.29, 1.82) is 21.2 Å². The largest absolute Gasteiger partial charge is 0.447 e. The topological polar surface area (TPSA) is 114 Å². The molecule has 0 aromatic rings. The number of allylic oxidation sites excluding steroid dienone is 1. The molecule has 4 atom stereocenters. The highest BCUT2D eigenvalue weighted by Gasteiger charge is 2.79. The standard InChI is InChI=1S/C18H20N4O2/c1-2-7-14-16(10-19,11-20)17(12-21)13-8-5-3-4-6-9-18(13,23-14)24-15(17)22/h2,7,13-14,22H,3-6,8-9H2,1H3. The summed E-state index contributed by atoms with van der Waals surface area (Å²) in [4.78, 5) is 0. The van der Waals surface area contributed by atoms with E-state index < -0.39 is 28.6 Å². The van der Waals surface area contributed by atoms with Crippen LogP contribution in [0.1, 0.15) is 45.4 Å². The first-order valence-electron chi connectivity index (χ1n) is 8.39. The number of hydrogen-bond acceptors (Lipinski definition) is 6. The molecule has 0 radical (unpaired) electrons. The van der Waals surface area contributed by atoms with Gasteiger partial charge in [0.25, 0.3) is 0 Å². The third kappa shape index (κ3) is 1.74. The minimum atomic E-state index is -1.78. The highest BCUT2D eigenvalue weighted by Crippen LogP contribution is 2.65. The van der Waals surface area contributed by atoms with Crippen LogP contribution < -0.4 is 0 Å². The summed E-state index contributed by atoms with van der Waals surface area (Å²) in [6.07, 6.45) is 7.47. The Morgan fingerprint density at radius 1 is 1.12 bits per heavy atom. The van der Waals surface area contributed by atoms with Crippen molar-refractivity contribution < 1.29 is 9.47 Å². The van der Waals surface area contributed by atoms with Crippen molar-refractivity contribution >= 4 is 5.90 Å². The summed E-state index contributed by atoms with van der Waals surface area (Å²) in [5.74, 6) is -1.83. The highest BCUT2D eigenvalue weighted by atomic mass is 16.7. The maximum atomic E-state index is 10.1. The van der Waals surface area contributed by atoms with Gasteiger partial charge in [-0.2, -0.15) is 15.8 Å². The molecular formula is C18H20N4O2. The van der Waals surface area contributed by atoms with Crippen LogP contribution in [0.3, 0.4) is 0 Å². The van der Waals surface area contributed by atoms with Gasteiger partial charge in [-0.3, -0.25) is 5.41 Å². The molecule has 2 bridgehead atoms. The van der Waals surface area contributed by atoms with Gasteiger partial charge in [0.1, 0.15) is 6.10 Å². The maximum absolute atomic E-state index is 10.1. The third-order valence-corrected chi connectivity index (χ3v) is 5.73. The van der Waals surface area contributed by atoms with Gasteiger partial charge >= 0.3 is 0 Å². The molecule has 1 saturated carbocycles. The lowest BCUT2D eigenvalue weighted by Gasteiger charge is -2.49. The molecule has 24 heavy (non-hydrogen) atoms. The Kier molecular flexibility index (Phi) is 3.86. The van der Waals surface area contributed by atoms with E-state index in [0.29, 0.717) is 12.8 Å². The number of hydrogen-bond donors (Lipinski definition) is 1. The Labute approximate surface area is 141 Å². The summed E-state index contributed by atoms with van der Waals surface area (Å²) in [5, 5.41) is 38.3. The minimum absolute atomic E-state index is 0.285. The summed E-state index contributed by atoms with van der Waals surface area (Å²) in [6, 6.07) is 6.25. The van der Waals surface area contributed by atoms with Gasteiger partial charge < -0.3 is 9.47 Å². The third-order valence-electron chi connectivity index (χ3n) is 5.73. The Morgan fingerprint density at radius 2 is 1.83 bits per heavy atom. The van der Waals surface area contributed by atoms with E-state index in [0.717, 1.165) is 25.7 Å². The zero-order chi connectivity index (χ0) is 17.4. The summed E-state index contributed by atoms with van der Waals surface area (Å²) in [5.41, 5.74) is -3.37. The number of nitriles is 3. The van der Waals surface area contributed by atoms with Crippen molar-refractivity contribution in [2.24, 2.45) is 16.7 Å². The summed E-state index contributed by atoms with van der Waals surface area (Å²) in [6.45, 7) is 1.78. The van der Waals surface area contributed by atoms with Crippen LogP contribution in [0.4, 0.5) is 0 Å². The van der Waals surface area contributed by atoms with Crippen LogP contribution in [0.5, 0.6) is 0 Å². The smallest absolute Gasteiger partial charge is 0.217 e. The van der Waals surface area contributed by atoms with Crippen LogP contribution >= 0.6 is 0 Å². The minimum Gasteiger partial charge on any atom is -0.447 e. The SMILES string of the molecule is CC=CC1OC23CCCCCCC2C(C#N)(C(=N)O3)C1(C#N)C#N. The fourth-order valence-electron chi connectivity index (χ4n) is 4.60. The van der Waals surface area contributed by atoms with Crippen molar-refractivity contribution in [2.45, 2.75) is 57.3 Å². The van der Waals surface area contributed by atoms with E-state index in [1.54, 1.807) is 19.1 Å². The van der Waals surface area contributed by atoms with Crippen molar-refractivity contribution in [1.82, 2.24) is 0 Å². The van der Waals surface area contributed by atoms with E-state index in [-0.39, 0.29) is 5.90 Å². The molecule has 3 rings (SSSR count). The molecular weight excluding hydrogens is 304 g/mol. The quantitative estimate of drug-likeness (QED) is 0.744. The van der Waals surface area contributed by atoms with Crippen LogP contribution in [-0.2, 0) is 9.47 Å². The van der Waals surface area contributed by atoms with Gasteiger partial charge in [-0.15, -0.1) is 0 Å². The molecule has 4 unspecified atom stereocenters. The molecule has 1 N–H and O–H groups in total. The molecule has 6 nitrogen and oxygen atoms in total. The molecule has 0 aromatic carbocycles. The van der Waals surface area contributed by atoms with Crippen molar-refractivity contribution in [2.75, 3.05) is 0 Å². The van der Waals surface area contributed by atoms with Crippen molar-refractivity contribution in [3.63, 3.8) is 0 Å². The zero-order valence-electron chi connectivity index (χ0n) is 13.7. The Hall–Kier alpha value is -2.36. The van der Waals surface area contributed by atoms with Crippen LogP contribution in [-0.4, -0.2) is 17.8 Å². The lowest BCUT2D eigenvalue weighted by atomic mass is 9.52. The molecule has 2 heterocycles. The molecule has 1 aliphatic carbocycles. The number of nitrogens with one attached hydrogen (secondary N) is 1. The fraction of sp³-hybridized carbons (Fsp3) is 0.667. The van der Waals surface area contributed by atoms with E-state index in [2.05, 4.69) is 6.07 Å². The molecule has 124 valence electrons. The summed E-state index contributed by atoms with van der Waals surface area (Å²) >= 11 is 0. The van der Waals surface area contributed by atoms with Crippen LogP contribution in [0.25, 0.3) is 0 Å². The average molecular weight is 324 g/mol. The van der Waals surface area contributed by atoms with Gasteiger partial charge in [-0.25, -0.2) is 0 Å². The number of nitrogens with zero attached hydrogens (tertiary/aromatic N) is 3. The molecule has 0 amide bonds. The molecule has 0 aromatic heterocycles. The van der Waals surface area contributed by atoms with Gasteiger partial charge in [0.2, 0.25) is 17.1 Å². The van der Waals surface area contributed by atoms with E-state index in [9.17, 15) is 15.8 Å². The second kappa shape index (κ2) is 5.62. The number of rotatable bonds is 1. The van der Waals surface area contributed by atoms with E-state index >= 15 is 0 Å². The van der Waals surface area contributed by atoms with Crippen molar-refractivity contribution in [3.8, 4) is 18.2 Å². The fourth-order valence-corrected chi connectivity index (χ4v) is 4.60. The first-order chi connectivity index (χ1) is 11.6. The Morgan fingerprint density at radius 3 is 2.46 bits per heavy atom. The molecule has 3 fully saturated rings. The first kappa shape index (κ1) is 16.5. The second-order valence-corrected chi connectivity index (χ2v) is 6.76. The van der Waals surface area contributed by atoms with Gasteiger partial charge in [0, 0.05) is 6.42 Å². The Balaban J connectivity index is 2.27. The maximum Gasteiger partial charge on any atom is 0.217 e. The number of ether oxygens (including phenoxy) is 2. The monoisotopic (exact) mass is 324 g/mol. The van der Waals surface area contributed by atoms with Gasteiger partial charge in [0.05, 0.1) is 24.1 Å². The first-order valence-corrected chi connectivity index (χ1v) is 8.39. The highest BCUT2D eigenvalue weighted by molar-refractivity contribution is 5.89. The van der Waals surface area contributed by atoms with Crippen LogP contribution in [0.15, 0.2) is 12.2 Å². The summed E-state index contributed by atoms with van der Waals surface area (Å²) in [7, 11) is 0. The van der Waals surface area contributed by atoms with Gasteiger partial charge in [-0.1, -0.05) is 31.4 Å². The average Bonchev–Trinajstić information content (AvgIpc) is 2.73. The van der Waals surface area contributed by atoms with E-state index in [1.807, 2.05) is 12.1 Å². The van der Waals surface area contributed by atoms with Crippen LogP contribution in [0, 0.1) is 56.2 Å². The normalized spacial score (nSPS) is 40.3. The van der Waals surface area contributed by atoms with Gasteiger partial charge in [0.15, 0.2) is 5.41 Å². The predicted molar refractivity (Wildman–Crippen MR) is 84.1 cm³/mol. The lowest BCUT2D eigenvalue weighted by Crippen LogP contribution is -2.62. The van der Waals surface area contributed by atoms with Gasteiger partial charge in [-0.05, 0) is 19.8 Å². The van der Waals surface area contributed by atoms with E-state index in [1.165, 1.54) is 0 Å².